The molecule has 0 saturated carbocycles. The summed E-state index contributed by atoms with van der Waals surface area (Å²) in [6.45, 7) is 11.4. The van der Waals surface area contributed by atoms with E-state index >= 15 is 0 Å². The third-order valence-electron chi connectivity index (χ3n) is 5.19. The fraction of sp³-hybridized carbons (Fsp3) is 0.417. The Hall–Kier alpha value is -2.91. The zero-order chi connectivity index (χ0) is 24.3. The molecule has 0 saturated heterocycles. The van der Waals surface area contributed by atoms with Crippen molar-refractivity contribution < 1.29 is 13.2 Å². The van der Waals surface area contributed by atoms with Crippen LogP contribution in [0, 0.1) is 6.92 Å². The number of hydrogen-bond donors (Lipinski definition) is 3. The maximum atomic E-state index is 12.4. The monoisotopic (exact) mass is 471 g/mol. The van der Waals surface area contributed by atoms with Crippen molar-refractivity contribution in [1.29, 1.82) is 0 Å². The summed E-state index contributed by atoms with van der Waals surface area (Å²) in [7, 11) is -3.34. The number of aromatic nitrogens is 2. The van der Waals surface area contributed by atoms with E-state index in [1.165, 1.54) is 0 Å². The maximum absolute atomic E-state index is 12.4. The quantitative estimate of drug-likeness (QED) is 0.442. The first-order valence-electron chi connectivity index (χ1n) is 11.1. The Kier molecular flexibility index (Phi) is 7.44. The van der Waals surface area contributed by atoms with E-state index in [1.807, 2.05) is 62.7 Å². The molecule has 0 radical (unpaired) electrons. The van der Waals surface area contributed by atoms with Gasteiger partial charge in [0.25, 0.3) is 5.91 Å². The van der Waals surface area contributed by atoms with Gasteiger partial charge in [0.2, 0.25) is 10.0 Å². The van der Waals surface area contributed by atoms with E-state index in [0.717, 1.165) is 27.8 Å². The summed E-state index contributed by atoms with van der Waals surface area (Å²) in [6.07, 6.45) is 1.78. The van der Waals surface area contributed by atoms with Crippen molar-refractivity contribution in [3.05, 3.63) is 53.7 Å². The minimum absolute atomic E-state index is 0.0513. The van der Waals surface area contributed by atoms with Crippen molar-refractivity contribution in [3.63, 3.8) is 0 Å². The Morgan fingerprint density at radius 3 is 2.48 bits per heavy atom. The van der Waals surface area contributed by atoms with E-state index in [1.54, 1.807) is 26.1 Å². The zero-order valence-electron chi connectivity index (χ0n) is 20.0. The molecule has 1 amide bonds. The van der Waals surface area contributed by atoms with Crippen LogP contribution in [0.5, 0.6) is 0 Å². The van der Waals surface area contributed by atoms with Crippen molar-refractivity contribution >= 4 is 32.5 Å². The van der Waals surface area contributed by atoms with Crippen LogP contribution in [0.2, 0.25) is 0 Å². The first kappa shape index (κ1) is 24.7. The van der Waals surface area contributed by atoms with Gasteiger partial charge >= 0.3 is 0 Å². The second-order valence-corrected chi connectivity index (χ2v) is 11.2. The van der Waals surface area contributed by atoms with Crippen molar-refractivity contribution in [2.45, 2.75) is 58.9 Å². The van der Waals surface area contributed by atoms with E-state index in [2.05, 4.69) is 20.5 Å². The van der Waals surface area contributed by atoms with Crippen LogP contribution in [0.15, 0.2) is 42.6 Å². The molecule has 1 heterocycles. The number of sulfonamides is 1. The summed E-state index contributed by atoms with van der Waals surface area (Å²) in [5.41, 5.74) is 4.17. The summed E-state index contributed by atoms with van der Waals surface area (Å²) in [6, 6.07) is 11.2. The number of carbonyl (C=O) groups is 1. The first-order chi connectivity index (χ1) is 15.5. The number of nitrogens with zero attached hydrogens (tertiary/aromatic N) is 2. The Labute approximate surface area is 195 Å². The Bertz CT molecular complexity index is 1250. The van der Waals surface area contributed by atoms with E-state index < -0.39 is 15.3 Å². The molecule has 178 valence electrons. The molecule has 0 aliphatic heterocycles. The summed E-state index contributed by atoms with van der Waals surface area (Å²) in [5, 5.41) is 11.3. The molecule has 1 aromatic heterocycles. The maximum Gasteiger partial charge on any atom is 0.251 e. The van der Waals surface area contributed by atoms with Crippen LogP contribution in [0.3, 0.4) is 0 Å². The van der Waals surface area contributed by atoms with Gasteiger partial charge in [0.05, 0.1) is 22.7 Å². The molecule has 0 aliphatic carbocycles. The van der Waals surface area contributed by atoms with Crippen molar-refractivity contribution in [2.75, 3.05) is 11.9 Å². The number of fused-ring (bicyclic) bond motifs is 1. The second kappa shape index (κ2) is 9.93. The van der Waals surface area contributed by atoms with Gasteiger partial charge in [0.15, 0.2) is 0 Å². The van der Waals surface area contributed by atoms with Gasteiger partial charge in [-0.1, -0.05) is 6.07 Å². The van der Waals surface area contributed by atoms with Crippen molar-refractivity contribution in [2.24, 2.45) is 0 Å². The molecule has 9 heteroatoms. The van der Waals surface area contributed by atoms with Crippen molar-refractivity contribution in [1.82, 2.24) is 19.8 Å². The lowest BCUT2D eigenvalue weighted by atomic mass is 10.1. The summed E-state index contributed by atoms with van der Waals surface area (Å²) >= 11 is 0. The number of anilines is 1. The van der Waals surface area contributed by atoms with Gasteiger partial charge in [-0.2, -0.15) is 5.10 Å². The molecule has 0 unspecified atom stereocenters. The van der Waals surface area contributed by atoms with E-state index in [-0.39, 0.29) is 18.0 Å². The molecule has 0 spiro atoms. The highest BCUT2D eigenvalue weighted by molar-refractivity contribution is 7.90. The lowest BCUT2D eigenvalue weighted by Gasteiger charge is -2.18. The van der Waals surface area contributed by atoms with Gasteiger partial charge in [-0.25, -0.2) is 17.8 Å². The predicted octanol–water partition coefficient (Wildman–Crippen LogP) is 3.60. The van der Waals surface area contributed by atoms with E-state index in [4.69, 9.17) is 0 Å². The third kappa shape index (κ3) is 5.91. The molecular weight excluding hydrogens is 438 g/mol. The standard InChI is InChI=1S/C24H33N5O3S/c1-15(2)27-24(30)19-8-7-9-20(12-19)29-23-11-17(5)10-22(21(23)14-26-29)25-13-18(6)28-33(31,32)16(3)4/h7-12,14-16,18,25,28H,13H2,1-6H3,(H,27,30)/t18-/m0/s1. The minimum Gasteiger partial charge on any atom is -0.383 e. The smallest absolute Gasteiger partial charge is 0.251 e. The average Bonchev–Trinajstić information content (AvgIpc) is 3.15. The molecular formula is C24H33N5O3S. The van der Waals surface area contributed by atoms with Crippen LogP contribution in [0.1, 0.15) is 50.5 Å². The first-order valence-corrected chi connectivity index (χ1v) is 12.7. The Morgan fingerprint density at radius 2 is 1.82 bits per heavy atom. The average molecular weight is 472 g/mol. The molecule has 3 rings (SSSR count). The van der Waals surface area contributed by atoms with Crippen molar-refractivity contribution in [3.8, 4) is 5.69 Å². The van der Waals surface area contributed by atoms with Gasteiger partial charge in [-0.3, -0.25) is 4.79 Å². The number of nitrogens with one attached hydrogen (secondary N) is 3. The lowest BCUT2D eigenvalue weighted by Crippen LogP contribution is -2.40. The van der Waals surface area contributed by atoms with Gasteiger partial charge in [0.1, 0.15) is 0 Å². The molecule has 3 aromatic rings. The number of hydrogen-bond acceptors (Lipinski definition) is 5. The summed E-state index contributed by atoms with van der Waals surface area (Å²) in [5.74, 6) is -0.125. The fourth-order valence-electron chi connectivity index (χ4n) is 3.46. The molecule has 33 heavy (non-hydrogen) atoms. The molecule has 0 fully saturated rings. The molecule has 0 aliphatic rings. The van der Waals surface area contributed by atoms with Gasteiger partial charge < -0.3 is 10.6 Å². The highest BCUT2D eigenvalue weighted by Crippen LogP contribution is 2.27. The number of carbonyl (C=O) groups excluding carboxylic acids is 1. The molecule has 8 nitrogen and oxygen atoms in total. The molecule has 1 atom stereocenters. The highest BCUT2D eigenvalue weighted by Gasteiger charge is 2.19. The van der Waals surface area contributed by atoms with Crippen LogP contribution in [-0.4, -0.2) is 48.0 Å². The number of rotatable bonds is 9. The normalized spacial score (nSPS) is 13.0. The largest absolute Gasteiger partial charge is 0.383 e. The number of aryl methyl sites for hydroxylation is 1. The molecule has 2 aromatic carbocycles. The minimum atomic E-state index is -3.34. The Balaban J connectivity index is 1.88. The second-order valence-electron chi connectivity index (χ2n) is 8.97. The van der Waals surface area contributed by atoms with Gasteiger partial charge in [-0.15, -0.1) is 0 Å². The van der Waals surface area contributed by atoms with Crippen LogP contribution in [0.4, 0.5) is 5.69 Å². The zero-order valence-corrected chi connectivity index (χ0v) is 20.8. The van der Waals surface area contributed by atoms with Gasteiger partial charge in [-0.05, 0) is 77.4 Å². The topological polar surface area (TPSA) is 105 Å². The van der Waals surface area contributed by atoms with Crippen LogP contribution < -0.4 is 15.4 Å². The van der Waals surface area contributed by atoms with Crippen LogP contribution in [-0.2, 0) is 10.0 Å². The van der Waals surface area contributed by atoms with E-state index in [9.17, 15) is 13.2 Å². The number of amides is 1. The number of benzene rings is 2. The Morgan fingerprint density at radius 1 is 1.09 bits per heavy atom. The van der Waals surface area contributed by atoms with E-state index in [0.29, 0.717) is 12.1 Å². The lowest BCUT2D eigenvalue weighted by molar-refractivity contribution is 0.0943. The fourth-order valence-corrected chi connectivity index (χ4v) is 4.38. The van der Waals surface area contributed by atoms with Gasteiger partial charge in [0, 0.05) is 35.3 Å². The third-order valence-corrected chi connectivity index (χ3v) is 7.16. The summed E-state index contributed by atoms with van der Waals surface area (Å²) < 4.78 is 28.8. The summed E-state index contributed by atoms with van der Waals surface area (Å²) in [4.78, 5) is 12.4. The van der Waals surface area contributed by atoms with Crippen LogP contribution in [0.25, 0.3) is 16.6 Å². The van der Waals surface area contributed by atoms with Crippen LogP contribution >= 0.6 is 0 Å². The molecule has 3 N–H and O–H groups in total. The highest BCUT2D eigenvalue weighted by atomic mass is 32.2. The predicted molar refractivity (Wildman–Crippen MR) is 134 cm³/mol. The SMILES string of the molecule is Cc1cc(NC[C@H](C)NS(=O)(=O)C(C)C)c2cnn(-c3cccc(C(=O)NC(C)C)c3)c2c1. The molecule has 0 bridgehead atoms.